The number of aryl methyl sites for hydroxylation is 8. The highest BCUT2D eigenvalue weighted by atomic mass is 79.9. The quantitative estimate of drug-likeness (QED) is 0.0682. The van der Waals surface area contributed by atoms with E-state index in [2.05, 4.69) is 204 Å². The number of aromatic nitrogens is 4. The van der Waals surface area contributed by atoms with Crippen LogP contribution in [0, 0.1) is 75.1 Å². The molecule has 0 aliphatic carbocycles. The van der Waals surface area contributed by atoms with Crippen LogP contribution < -0.4 is 86.2 Å². The first kappa shape index (κ1) is 52.0. The molecule has 4 nitrogen and oxygen atoms in total. The SMILES string of the molecule is Cc1ccc[n+](CCCC#Cc2cc(C#CCCC[n+]3cccc(C)c3)c(C#CCCC[n+]3cccc(C)c3)cc2C#CCCC[n+]2cccc(C)c2)c1.[Br-].[Br-].[Br-].[Br-]. The van der Waals surface area contributed by atoms with Crippen molar-refractivity contribution in [3.8, 4) is 47.4 Å². The van der Waals surface area contributed by atoms with E-state index in [1.807, 2.05) is 0 Å². The molecule has 4 aromatic heterocycles. The van der Waals surface area contributed by atoms with Crippen molar-refractivity contribution in [2.75, 3.05) is 0 Å². The molecule has 0 aliphatic rings. The van der Waals surface area contributed by atoms with E-state index in [4.69, 9.17) is 0 Å². The molecule has 58 heavy (non-hydrogen) atoms. The van der Waals surface area contributed by atoms with Gasteiger partial charge in [0.1, 0.15) is 26.2 Å². The van der Waals surface area contributed by atoms with Gasteiger partial charge in [0.15, 0.2) is 49.6 Å². The Labute approximate surface area is 390 Å². The molecule has 0 fully saturated rings. The second-order valence-electron chi connectivity index (χ2n) is 14.0. The summed E-state index contributed by atoms with van der Waals surface area (Å²) in [5.74, 6) is 27.8. The summed E-state index contributed by atoms with van der Waals surface area (Å²) in [4.78, 5) is 0. The van der Waals surface area contributed by atoms with Crippen molar-refractivity contribution in [1.82, 2.24) is 0 Å². The Morgan fingerprint density at radius 1 is 0.362 bits per heavy atom. The Kier molecular flexibility index (Phi) is 26.2. The lowest BCUT2D eigenvalue weighted by Gasteiger charge is -2.04. The molecule has 302 valence electrons. The zero-order chi connectivity index (χ0) is 37.8. The Bertz CT molecular complexity index is 1970. The average molecular weight is 1030 g/mol. The van der Waals surface area contributed by atoms with Gasteiger partial charge in [-0.3, -0.25) is 0 Å². The van der Waals surface area contributed by atoms with Crippen LogP contribution in [0.3, 0.4) is 0 Å². The minimum atomic E-state index is 0. The maximum atomic E-state index is 3.49. The molecule has 0 unspecified atom stereocenters. The molecule has 8 heteroatoms. The maximum absolute atomic E-state index is 3.49. The van der Waals surface area contributed by atoms with Crippen molar-refractivity contribution in [2.45, 2.75) is 105 Å². The standard InChI is InChI=1S/C50H54N4.4BrH/c1-43-21-17-33-51(39-43)29-13-5-9-25-47-37-49(27-11-7-15-31-53-35-19-23-45(3)41-53)50(28-12-8-16-32-54-36-20-24-46(4)42-54)38-48(47)26-10-6-14-30-52-34-18-22-44(2)40-52;;;;/h17-24,33-42H,5-8,13-16,29-32H2,1-4H3;4*1H/q+4;;;;/p-4. The lowest BCUT2D eigenvalue weighted by atomic mass is 9.98. The van der Waals surface area contributed by atoms with Crippen molar-refractivity contribution < 1.29 is 86.2 Å². The van der Waals surface area contributed by atoms with E-state index in [1.54, 1.807) is 0 Å². The van der Waals surface area contributed by atoms with E-state index in [0.717, 1.165) is 99.8 Å². The molecule has 5 rings (SSSR count). The number of pyridine rings is 4. The summed E-state index contributed by atoms with van der Waals surface area (Å²) < 4.78 is 8.95. The van der Waals surface area contributed by atoms with Gasteiger partial charge in [0.25, 0.3) is 0 Å². The van der Waals surface area contributed by atoms with Crippen molar-refractivity contribution in [3.05, 3.63) is 155 Å². The van der Waals surface area contributed by atoms with E-state index in [0.29, 0.717) is 0 Å². The van der Waals surface area contributed by atoms with Crippen LogP contribution >= 0.6 is 0 Å². The highest BCUT2D eigenvalue weighted by Gasteiger charge is 2.07. The first-order chi connectivity index (χ1) is 26.4. The predicted octanol–water partition coefficient (Wildman–Crippen LogP) is -4.59. The monoisotopic (exact) mass is 1030 g/mol. The summed E-state index contributed by atoms with van der Waals surface area (Å²) in [6.07, 6.45) is 24.4. The van der Waals surface area contributed by atoms with E-state index in [-0.39, 0.29) is 67.9 Å². The molecule has 0 saturated carbocycles. The lowest BCUT2D eigenvalue weighted by Crippen LogP contribution is -3.00. The zero-order valence-corrected chi connectivity index (χ0v) is 40.5. The van der Waals surface area contributed by atoms with Gasteiger partial charge >= 0.3 is 0 Å². The van der Waals surface area contributed by atoms with E-state index in [9.17, 15) is 0 Å². The Morgan fingerprint density at radius 3 is 0.793 bits per heavy atom. The van der Waals surface area contributed by atoms with Crippen LogP contribution in [0.15, 0.2) is 110 Å². The van der Waals surface area contributed by atoms with Gasteiger partial charge in [-0.15, -0.1) is 0 Å². The zero-order valence-electron chi connectivity index (χ0n) is 34.2. The fourth-order valence-electron chi connectivity index (χ4n) is 6.21. The van der Waals surface area contributed by atoms with Crippen LogP contribution in [0.1, 0.15) is 95.9 Å². The summed E-state index contributed by atoms with van der Waals surface area (Å²) in [5.41, 5.74) is 8.78. The van der Waals surface area contributed by atoms with Gasteiger partial charge in [-0.1, -0.05) is 47.4 Å². The maximum Gasteiger partial charge on any atom is 0.171 e. The van der Waals surface area contributed by atoms with Crippen molar-refractivity contribution in [2.24, 2.45) is 0 Å². The largest absolute Gasteiger partial charge is 1.00 e. The number of benzene rings is 1. The highest BCUT2D eigenvalue weighted by Crippen LogP contribution is 2.16. The summed E-state index contributed by atoms with van der Waals surface area (Å²) in [7, 11) is 0. The molecule has 0 N–H and O–H groups in total. The first-order valence-corrected chi connectivity index (χ1v) is 19.4. The van der Waals surface area contributed by atoms with Crippen LogP contribution in [-0.2, 0) is 26.2 Å². The van der Waals surface area contributed by atoms with Gasteiger partial charge in [0.05, 0.1) is 0 Å². The molecule has 0 radical (unpaired) electrons. The fourth-order valence-corrected chi connectivity index (χ4v) is 6.21. The van der Waals surface area contributed by atoms with Crippen LogP contribution in [0.4, 0.5) is 0 Å². The highest BCUT2D eigenvalue weighted by molar-refractivity contribution is 5.61. The molecule has 0 atom stereocenters. The summed E-state index contributed by atoms with van der Waals surface area (Å²) in [6.45, 7) is 12.3. The lowest BCUT2D eigenvalue weighted by molar-refractivity contribution is -0.697. The van der Waals surface area contributed by atoms with Gasteiger partial charge in [-0.25, -0.2) is 18.3 Å². The van der Waals surface area contributed by atoms with E-state index in [1.165, 1.54) is 22.3 Å². The summed E-state index contributed by atoms with van der Waals surface area (Å²) in [6, 6.07) is 21.2. The molecule has 1 aromatic carbocycles. The van der Waals surface area contributed by atoms with Crippen molar-refractivity contribution in [1.29, 1.82) is 0 Å². The topological polar surface area (TPSA) is 15.5 Å². The molecule has 0 saturated heterocycles. The number of nitrogens with zero attached hydrogens (tertiary/aromatic N) is 4. The van der Waals surface area contributed by atoms with Crippen LogP contribution in [-0.4, -0.2) is 0 Å². The fraction of sp³-hybridized carbons (Fsp3) is 0.320. The van der Waals surface area contributed by atoms with Crippen molar-refractivity contribution in [3.63, 3.8) is 0 Å². The predicted molar refractivity (Wildman–Crippen MR) is 216 cm³/mol. The van der Waals surface area contributed by atoms with E-state index < -0.39 is 0 Å². The smallest absolute Gasteiger partial charge is 0.171 e. The minimum Gasteiger partial charge on any atom is -1.00 e. The summed E-state index contributed by atoms with van der Waals surface area (Å²) in [5, 5.41) is 0. The molecule has 0 amide bonds. The third kappa shape index (κ3) is 19.2. The normalized spacial score (nSPS) is 9.45. The Hall–Kier alpha value is -4.02. The second-order valence-corrected chi connectivity index (χ2v) is 14.0. The molecule has 4 heterocycles. The molecule has 0 bridgehead atoms. The summed E-state index contributed by atoms with van der Waals surface area (Å²) >= 11 is 0. The molecular formula is C50H54Br4N4. The molecule has 5 aromatic rings. The molecule has 0 spiro atoms. The minimum absolute atomic E-state index is 0. The molecule has 0 aliphatic heterocycles. The van der Waals surface area contributed by atoms with Gasteiger partial charge in [-0.2, -0.15) is 0 Å². The van der Waals surface area contributed by atoms with Gasteiger partial charge in [-0.05, 0) is 64.1 Å². The van der Waals surface area contributed by atoms with Crippen molar-refractivity contribution >= 4 is 0 Å². The van der Waals surface area contributed by atoms with Gasteiger partial charge < -0.3 is 67.9 Å². The van der Waals surface area contributed by atoms with Crippen LogP contribution in [0.5, 0.6) is 0 Å². The third-order valence-corrected chi connectivity index (χ3v) is 8.95. The first-order valence-electron chi connectivity index (χ1n) is 19.4. The van der Waals surface area contributed by atoms with Crippen LogP contribution in [0.25, 0.3) is 0 Å². The average Bonchev–Trinajstić information content (AvgIpc) is 3.15. The number of hydrogen-bond donors (Lipinski definition) is 0. The second kappa shape index (κ2) is 29.2. The Morgan fingerprint density at radius 2 is 0.586 bits per heavy atom. The van der Waals surface area contributed by atoms with Gasteiger partial charge in [0.2, 0.25) is 0 Å². The Balaban J connectivity index is 0.00000420. The van der Waals surface area contributed by atoms with E-state index >= 15 is 0 Å². The number of unbranched alkanes of at least 4 members (excludes halogenated alkanes) is 4. The number of halogens is 4. The number of rotatable bonds is 12. The molecular weight excluding hydrogens is 976 g/mol. The van der Waals surface area contributed by atoms with Crippen LogP contribution in [0.2, 0.25) is 0 Å². The number of hydrogen-bond acceptors (Lipinski definition) is 0. The van der Waals surface area contributed by atoms with Gasteiger partial charge in [0, 0.05) is 120 Å². The third-order valence-electron chi connectivity index (χ3n) is 8.95.